The van der Waals surface area contributed by atoms with Gasteiger partial charge in [0.2, 0.25) is 0 Å². The highest BCUT2D eigenvalue weighted by atomic mass is 16.2. The minimum atomic E-state index is -0.349. The number of benzene rings is 2. The molecule has 0 aliphatic carbocycles. The quantitative estimate of drug-likeness (QED) is 0.674. The Hall–Kier alpha value is -3.73. The number of nitrogens with zero attached hydrogens (tertiary/aromatic N) is 2. The monoisotopic (exact) mass is 383 g/mol. The lowest BCUT2D eigenvalue weighted by atomic mass is 10.0. The molecule has 0 fully saturated rings. The van der Waals surface area contributed by atoms with Crippen LogP contribution in [0.1, 0.15) is 22.4 Å². The zero-order valence-electron chi connectivity index (χ0n) is 16.3. The van der Waals surface area contributed by atoms with Gasteiger partial charge in [0.05, 0.1) is 17.8 Å². The predicted molar refractivity (Wildman–Crippen MR) is 113 cm³/mol. The molecule has 1 N–H and O–H groups in total. The van der Waals surface area contributed by atoms with Crippen LogP contribution < -0.4 is 5.32 Å². The Morgan fingerprint density at radius 3 is 2.31 bits per heavy atom. The van der Waals surface area contributed by atoms with Gasteiger partial charge in [0.15, 0.2) is 0 Å². The van der Waals surface area contributed by atoms with Gasteiger partial charge in [0, 0.05) is 11.9 Å². The number of rotatable bonds is 5. The highest BCUT2D eigenvalue weighted by Gasteiger charge is 2.39. The van der Waals surface area contributed by atoms with E-state index in [2.05, 4.69) is 10.3 Å². The number of nitrogens with one attached hydrogen (secondary N) is 1. The van der Waals surface area contributed by atoms with E-state index < -0.39 is 0 Å². The van der Waals surface area contributed by atoms with E-state index in [1.165, 1.54) is 10.5 Å². The second-order valence-corrected chi connectivity index (χ2v) is 7.06. The minimum Gasteiger partial charge on any atom is -0.350 e. The van der Waals surface area contributed by atoms with Gasteiger partial charge in [-0.25, -0.2) is 0 Å². The summed E-state index contributed by atoms with van der Waals surface area (Å²) in [6.07, 6.45) is 1.65. The molecule has 0 radical (unpaired) electrons. The molecule has 0 saturated heterocycles. The van der Waals surface area contributed by atoms with Gasteiger partial charge in [-0.3, -0.25) is 19.5 Å². The van der Waals surface area contributed by atoms with Crippen LogP contribution in [0, 0.1) is 13.8 Å². The van der Waals surface area contributed by atoms with Crippen LogP contribution in [0.5, 0.6) is 0 Å². The molecule has 4 rings (SSSR count). The lowest BCUT2D eigenvalue weighted by molar-refractivity contribution is -0.137. The van der Waals surface area contributed by atoms with E-state index in [-0.39, 0.29) is 18.4 Å². The number of aromatic nitrogens is 1. The summed E-state index contributed by atoms with van der Waals surface area (Å²) in [6.45, 7) is 4.18. The third kappa shape index (κ3) is 3.67. The van der Waals surface area contributed by atoms with Crippen LogP contribution in [-0.4, -0.2) is 21.7 Å². The van der Waals surface area contributed by atoms with Crippen molar-refractivity contribution in [2.45, 2.75) is 20.4 Å². The number of pyridine rings is 1. The second kappa shape index (κ2) is 7.72. The molecule has 0 spiro atoms. The highest BCUT2D eigenvalue weighted by molar-refractivity contribution is 6.36. The van der Waals surface area contributed by atoms with Crippen LogP contribution in [0.15, 0.2) is 78.6 Å². The molecule has 0 atom stereocenters. The zero-order valence-corrected chi connectivity index (χ0v) is 16.3. The smallest absolute Gasteiger partial charge is 0.278 e. The van der Waals surface area contributed by atoms with Crippen molar-refractivity contribution in [1.29, 1.82) is 0 Å². The topological polar surface area (TPSA) is 62.3 Å². The van der Waals surface area contributed by atoms with Crippen LogP contribution in [0.25, 0.3) is 5.57 Å². The average Bonchev–Trinajstić information content (AvgIpc) is 2.96. The Bertz CT molecular complexity index is 1110. The van der Waals surface area contributed by atoms with E-state index in [1.54, 1.807) is 18.3 Å². The van der Waals surface area contributed by atoms with E-state index in [0.29, 0.717) is 22.5 Å². The van der Waals surface area contributed by atoms with Gasteiger partial charge in [-0.1, -0.05) is 42.5 Å². The maximum Gasteiger partial charge on any atom is 0.278 e. The fraction of sp³-hybridized carbons (Fsp3) is 0.125. The van der Waals surface area contributed by atoms with Crippen molar-refractivity contribution in [2.75, 3.05) is 5.32 Å². The molecule has 0 saturated carbocycles. The summed E-state index contributed by atoms with van der Waals surface area (Å²) in [4.78, 5) is 31.9. The normalized spacial score (nSPS) is 13.9. The number of imide groups is 1. The number of carbonyl (C=O) groups excluding carboxylic acids is 2. The fourth-order valence-corrected chi connectivity index (χ4v) is 3.33. The first-order valence-corrected chi connectivity index (χ1v) is 9.44. The average molecular weight is 383 g/mol. The molecular formula is C24H21N3O2. The van der Waals surface area contributed by atoms with Crippen LogP contribution in [-0.2, 0) is 16.1 Å². The number of amides is 2. The molecular weight excluding hydrogens is 362 g/mol. The van der Waals surface area contributed by atoms with Crippen LogP contribution >= 0.6 is 0 Å². The molecule has 3 aromatic rings. The molecule has 0 bridgehead atoms. The van der Waals surface area contributed by atoms with Crippen molar-refractivity contribution in [3.63, 3.8) is 0 Å². The first-order valence-electron chi connectivity index (χ1n) is 9.44. The van der Waals surface area contributed by atoms with Crippen LogP contribution in [0.4, 0.5) is 5.69 Å². The van der Waals surface area contributed by atoms with E-state index in [0.717, 1.165) is 11.3 Å². The van der Waals surface area contributed by atoms with Crippen molar-refractivity contribution in [2.24, 2.45) is 0 Å². The van der Waals surface area contributed by atoms with Gasteiger partial charge in [-0.2, -0.15) is 0 Å². The third-order valence-corrected chi connectivity index (χ3v) is 5.05. The van der Waals surface area contributed by atoms with Crippen LogP contribution in [0.2, 0.25) is 0 Å². The predicted octanol–water partition coefficient (Wildman–Crippen LogP) is 4.09. The summed E-state index contributed by atoms with van der Waals surface area (Å²) < 4.78 is 0. The minimum absolute atomic E-state index is 0.132. The SMILES string of the molecule is Cc1ccc(NC2=C(c3ccccc3)C(=O)N(Cc3ccccn3)C2=O)cc1C. The zero-order chi connectivity index (χ0) is 20.4. The van der Waals surface area contributed by atoms with Gasteiger partial charge < -0.3 is 5.32 Å². The Kier molecular flexibility index (Phi) is 4.96. The fourth-order valence-electron chi connectivity index (χ4n) is 3.33. The largest absolute Gasteiger partial charge is 0.350 e. The summed E-state index contributed by atoms with van der Waals surface area (Å²) in [5, 5.41) is 3.20. The lowest BCUT2D eigenvalue weighted by Gasteiger charge is -2.15. The number of carbonyl (C=O) groups is 2. The lowest BCUT2D eigenvalue weighted by Crippen LogP contribution is -2.32. The Balaban J connectivity index is 1.74. The van der Waals surface area contributed by atoms with Gasteiger partial charge in [0.25, 0.3) is 11.8 Å². The number of hydrogen-bond acceptors (Lipinski definition) is 4. The van der Waals surface area contributed by atoms with E-state index in [9.17, 15) is 9.59 Å². The van der Waals surface area contributed by atoms with Gasteiger partial charge >= 0.3 is 0 Å². The second-order valence-electron chi connectivity index (χ2n) is 7.06. The molecule has 1 aliphatic heterocycles. The molecule has 2 aromatic carbocycles. The molecule has 144 valence electrons. The number of aryl methyl sites for hydroxylation is 2. The molecule has 5 heteroatoms. The van der Waals surface area contributed by atoms with Gasteiger partial charge in [-0.15, -0.1) is 0 Å². The summed E-state index contributed by atoms with van der Waals surface area (Å²) >= 11 is 0. The Morgan fingerprint density at radius 1 is 0.862 bits per heavy atom. The summed E-state index contributed by atoms with van der Waals surface area (Å²) in [6, 6.07) is 20.6. The Labute approximate surface area is 169 Å². The van der Waals surface area contributed by atoms with Crippen molar-refractivity contribution in [3.8, 4) is 0 Å². The first kappa shape index (κ1) is 18.6. The molecule has 2 heterocycles. The van der Waals surface area contributed by atoms with E-state index in [4.69, 9.17) is 0 Å². The van der Waals surface area contributed by atoms with E-state index in [1.807, 2.05) is 68.4 Å². The standard InChI is InChI=1S/C24H21N3O2/c1-16-11-12-19(14-17(16)2)26-22-21(18-8-4-3-5-9-18)23(28)27(24(22)29)15-20-10-6-7-13-25-20/h3-14,26H,15H2,1-2H3. The summed E-state index contributed by atoms with van der Waals surface area (Å²) in [5.41, 5.74) is 5.09. The van der Waals surface area contributed by atoms with Crippen molar-refractivity contribution < 1.29 is 9.59 Å². The molecule has 1 aliphatic rings. The van der Waals surface area contributed by atoms with Crippen LogP contribution in [0.3, 0.4) is 0 Å². The van der Waals surface area contributed by atoms with Crippen molar-refractivity contribution >= 4 is 23.1 Å². The highest BCUT2D eigenvalue weighted by Crippen LogP contribution is 2.31. The van der Waals surface area contributed by atoms with E-state index >= 15 is 0 Å². The summed E-state index contributed by atoms with van der Waals surface area (Å²) in [7, 11) is 0. The van der Waals surface area contributed by atoms with Crippen molar-refractivity contribution in [3.05, 3.63) is 101 Å². The maximum atomic E-state index is 13.2. The van der Waals surface area contributed by atoms with Gasteiger partial charge in [0.1, 0.15) is 5.70 Å². The van der Waals surface area contributed by atoms with Gasteiger partial charge in [-0.05, 0) is 54.8 Å². The number of anilines is 1. The third-order valence-electron chi connectivity index (χ3n) is 5.05. The number of hydrogen-bond donors (Lipinski definition) is 1. The summed E-state index contributed by atoms with van der Waals surface area (Å²) in [5.74, 6) is -0.670. The Morgan fingerprint density at radius 2 is 1.62 bits per heavy atom. The van der Waals surface area contributed by atoms with Crippen molar-refractivity contribution in [1.82, 2.24) is 9.88 Å². The molecule has 29 heavy (non-hydrogen) atoms. The molecule has 1 aromatic heterocycles. The maximum absolute atomic E-state index is 13.2. The molecule has 0 unspecified atom stereocenters. The molecule has 5 nitrogen and oxygen atoms in total. The molecule has 2 amide bonds. The first-order chi connectivity index (χ1) is 14.0.